The number of nitrogens with one attached hydrogen (secondary N) is 1. The molecular weight excluding hydrogens is 478 g/mol. The molecule has 146 valence electrons. The van der Waals surface area contributed by atoms with E-state index in [0.29, 0.717) is 5.56 Å². The molecule has 3 aromatic rings. The number of carbonyl (C=O) groups is 1. The zero-order valence-electron chi connectivity index (χ0n) is 15.1. The second-order valence-corrected chi connectivity index (χ2v) is 8.17. The van der Waals surface area contributed by atoms with Gasteiger partial charge in [0.2, 0.25) is 5.91 Å². The summed E-state index contributed by atoms with van der Waals surface area (Å²) in [6.07, 6.45) is -4.15. The van der Waals surface area contributed by atoms with Gasteiger partial charge >= 0.3 is 6.18 Å². The molecular formula is C22H19F3INO. The van der Waals surface area contributed by atoms with Crippen molar-refractivity contribution < 1.29 is 18.0 Å². The second kappa shape index (κ2) is 8.51. The Morgan fingerprint density at radius 2 is 1.71 bits per heavy atom. The largest absolute Gasteiger partial charge is 0.416 e. The summed E-state index contributed by atoms with van der Waals surface area (Å²) >= 11 is 1.98. The minimum atomic E-state index is -4.39. The molecule has 0 heterocycles. The lowest BCUT2D eigenvalue weighted by atomic mass is 9.99. The van der Waals surface area contributed by atoms with E-state index in [1.165, 1.54) is 6.07 Å². The Bertz CT molecular complexity index is 981. The molecule has 0 saturated carbocycles. The molecule has 3 aromatic carbocycles. The van der Waals surface area contributed by atoms with Gasteiger partial charge in [0.05, 0.1) is 15.5 Å². The van der Waals surface area contributed by atoms with E-state index in [1.54, 1.807) is 6.07 Å². The van der Waals surface area contributed by atoms with Gasteiger partial charge in [0.25, 0.3) is 0 Å². The number of alkyl halides is 4. The summed E-state index contributed by atoms with van der Waals surface area (Å²) in [5.74, 6) is -0.196. The lowest BCUT2D eigenvalue weighted by Crippen LogP contribution is -2.34. The van der Waals surface area contributed by atoms with Crippen molar-refractivity contribution in [1.29, 1.82) is 0 Å². The van der Waals surface area contributed by atoms with Crippen molar-refractivity contribution in [3.63, 3.8) is 0 Å². The number of hydrogen-bond donors (Lipinski definition) is 1. The Morgan fingerprint density at radius 3 is 2.46 bits per heavy atom. The van der Waals surface area contributed by atoms with Gasteiger partial charge in [0.15, 0.2) is 0 Å². The maximum atomic E-state index is 12.9. The fraction of sp³-hybridized carbons (Fsp3) is 0.227. The molecule has 2 nitrogen and oxygen atoms in total. The first-order chi connectivity index (χ1) is 13.3. The summed E-state index contributed by atoms with van der Waals surface area (Å²) in [6, 6.07) is 18.8. The summed E-state index contributed by atoms with van der Waals surface area (Å²) in [6.45, 7) is 1.91. The zero-order valence-corrected chi connectivity index (χ0v) is 17.3. The minimum Gasteiger partial charge on any atom is -0.349 e. The summed E-state index contributed by atoms with van der Waals surface area (Å²) < 4.78 is 38.1. The Morgan fingerprint density at radius 1 is 1.04 bits per heavy atom. The maximum Gasteiger partial charge on any atom is 0.416 e. The lowest BCUT2D eigenvalue weighted by molar-refractivity contribution is -0.137. The molecule has 0 spiro atoms. The van der Waals surface area contributed by atoms with Crippen LogP contribution in [-0.2, 0) is 17.4 Å². The third kappa shape index (κ3) is 4.84. The molecule has 1 amide bonds. The molecule has 0 bridgehead atoms. The third-order valence-electron chi connectivity index (χ3n) is 4.60. The number of fused-ring (bicyclic) bond motifs is 1. The highest BCUT2D eigenvalue weighted by molar-refractivity contribution is 14.1. The topological polar surface area (TPSA) is 29.1 Å². The lowest BCUT2D eigenvalue weighted by Gasteiger charge is -2.19. The standard InChI is InChI=1S/C22H19F3INO/c1-14(18-11-5-8-16-7-2-3-10-19(16)18)27-21(28)20(26)13-15-6-4-9-17(12-15)22(23,24)25/h2-12,14,20H,13H2,1H3,(H,27,28)/t14-,20?/m1/s1. The summed E-state index contributed by atoms with van der Waals surface area (Å²) in [4.78, 5) is 12.6. The van der Waals surface area contributed by atoms with Crippen molar-refractivity contribution in [1.82, 2.24) is 5.32 Å². The molecule has 2 atom stereocenters. The molecule has 6 heteroatoms. The number of halogens is 4. The van der Waals surface area contributed by atoms with Crippen LogP contribution in [0.1, 0.15) is 29.7 Å². The molecule has 0 fully saturated rings. The van der Waals surface area contributed by atoms with Gasteiger partial charge in [-0.2, -0.15) is 13.2 Å². The van der Waals surface area contributed by atoms with Crippen molar-refractivity contribution in [3.8, 4) is 0 Å². The molecule has 3 rings (SSSR count). The average molecular weight is 497 g/mol. The molecule has 0 aliphatic carbocycles. The van der Waals surface area contributed by atoms with Gasteiger partial charge in [-0.3, -0.25) is 4.79 Å². The van der Waals surface area contributed by atoms with E-state index in [1.807, 2.05) is 72.0 Å². The quantitative estimate of drug-likeness (QED) is 0.336. The van der Waals surface area contributed by atoms with Crippen LogP contribution in [0.5, 0.6) is 0 Å². The van der Waals surface area contributed by atoms with E-state index >= 15 is 0 Å². The highest BCUT2D eigenvalue weighted by Crippen LogP contribution is 2.30. The highest BCUT2D eigenvalue weighted by atomic mass is 127. The first-order valence-corrected chi connectivity index (χ1v) is 10.1. The van der Waals surface area contributed by atoms with Crippen molar-refractivity contribution >= 4 is 39.3 Å². The van der Waals surface area contributed by atoms with Gasteiger partial charge in [0.1, 0.15) is 0 Å². The maximum absolute atomic E-state index is 12.9. The fourth-order valence-electron chi connectivity index (χ4n) is 3.18. The monoisotopic (exact) mass is 497 g/mol. The molecule has 28 heavy (non-hydrogen) atoms. The predicted molar refractivity (Wildman–Crippen MR) is 113 cm³/mol. The summed E-state index contributed by atoms with van der Waals surface area (Å²) in [5.41, 5.74) is 0.800. The van der Waals surface area contributed by atoms with Crippen LogP contribution in [0.3, 0.4) is 0 Å². The number of carbonyl (C=O) groups excluding carboxylic acids is 1. The molecule has 1 N–H and O–H groups in total. The van der Waals surface area contributed by atoms with E-state index in [0.717, 1.165) is 28.5 Å². The third-order valence-corrected chi connectivity index (χ3v) is 5.61. The first kappa shape index (κ1) is 20.6. The Balaban J connectivity index is 1.70. The van der Waals surface area contributed by atoms with Crippen LogP contribution in [0.2, 0.25) is 0 Å². The number of benzene rings is 3. The Kier molecular flexibility index (Phi) is 6.27. The van der Waals surface area contributed by atoms with Crippen LogP contribution in [0.15, 0.2) is 66.7 Å². The van der Waals surface area contributed by atoms with Crippen LogP contribution in [-0.4, -0.2) is 9.83 Å². The minimum absolute atomic E-state index is 0.196. The van der Waals surface area contributed by atoms with E-state index < -0.39 is 15.7 Å². The summed E-state index contributed by atoms with van der Waals surface area (Å²) in [5, 5.41) is 5.15. The first-order valence-electron chi connectivity index (χ1n) is 8.84. The normalized spacial score (nSPS) is 13.9. The highest BCUT2D eigenvalue weighted by Gasteiger charge is 2.30. The molecule has 0 saturated heterocycles. The van der Waals surface area contributed by atoms with E-state index in [4.69, 9.17) is 0 Å². The molecule has 0 radical (unpaired) electrons. The van der Waals surface area contributed by atoms with Crippen molar-refractivity contribution in [2.75, 3.05) is 0 Å². The summed E-state index contributed by atoms with van der Waals surface area (Å²) in [7, 11) is 0. The van der Waals surface area contributed by atoms with E-state index in [2.05, 4.69) is 5.32 Å². The molecule has 0 aromatic heterocycles. The zero-order chi connectivity index (χ0) is 20.3. The Labute approximate surface area is 175 Å². The SMILES string of the molecule is C[C@@H](NC(=O)C(I)Cc1cccc(C(F)(F)F)c1)c1cccc2ccccc12. The molecule has 0 aliphatic rings. The van der Waals surface area contributed by atoms with Gasteiger partial charge in [-0.1, -0.05) is 83.3 Å². The van der Waals surface area contributed by atoms with Gasteiger partial charge in [-0.25, -0.2) is 0 Å². The van der Waals surface area contributed by atoms with Crippen molar-refractivity contribution in [3.05, 3.63) is 83.4 Å². The molecule has 1 unspecified atom stereocenters. The fourth-order valence-corrected chi connectivity index (χ4v) is 3.87. The second-order valence-electron chi connectivity index (χ2n) is 6.67. The van der Waals surface area contributed by atoms with Crippen LogP contribution < -0.4 is 5.32 Å². The average Bonchev–Trinajstić information content (AvgIpc) is 2.67. The van der Waals surface area contributed by atoms with Crippen molar-refractivity contribution in [2.45, 2.75) is 29.5 Å². The number of rotatable bonds is 5. The number of amides is 1. The Hall–Kier alpha value is -2.09. The van der Waals surface area contributed by atoms with Crippen LogP contribution in [0, 0.1) is 0 Å². The smallest absolute Gasteiger partial charge is 0.349 e. The van der Waals surface area contributed by atoms with Crippen LogP contribution >= 0.6 is 22.6 Å². The van der Waals surface area contributed by atoms with Crippen LogP contribution in [0.4, 0.5) is 13.2 Å². The van der Waals surface area contributed by atoms with Crippen molar-refractivity contribution in [2.24, 2.45) is 0 Å². The van der Waals surface area contributed by atoms with Gasteiger partial charge in [-0.05, 0) is 41.3 Å². The van der Waals surface area contributed by atoms with Gasteiger partial charge in [-0.15, -0.1) is 0 Å². The van der Waals surface area contributed by atoms with E-state index in [9.17, 15) is 18.0 Å². The molecule has 0 aliphatic heterocycles. The predicted octanol–water partition coefficient (Wildman–Crippen LogP) is 6.08. The van der Waals surface area contributed by atoms with E-state index in [-0.39, 0.29) is 18.4 Å². The number of hydrogen-bond acceptors (Lipinski definition) is 1. The van der Waals surface area contributed by atoms with Gasteiger partial charge in [0, 0.05) is 0 Å². The van der Waals surface area contributed by atoms with Crippen LogP contribution in [0.25, 0.3) is 10.8 Å². The van der Waals surface area contributed by atoms with Gasteiger partial charge < -0.3 is 5.32 Å².